The van der Waals surface area contributed by atoms with Crippen LogP contribution in [0.25, 0.3) is 11.3 Å². The van der Waals surface area contributed by atoms with E-state index in [0.717, 1.165) is 24.5 Å². The van der Waals surface area contributed by atoms with E-state index in [-0.39, 0.29) is 17.5 Å². The van der Waals surface area contributed by atoms with E-state index >= 15 is 0 Å². The van der Waals surface area contributed by atoms with Crippen molar-refractivity contribution in [3.63, 3.8) is 0 Å². The first-order chi connectivity index (χ1) is 13.3. The van der Waals surface area contributed by atoms with Gasteiger partial charge in [0.25, 0.3) is 0 Å². The zero-order chi connectivity index (χ0) is 20.3. The molecule has 0 aliphatic carbocycles. The molecule has 3 rings (SSSR count). The van der Waals surface area contributed by atoms with E-state index < -0.39 is 17.6 Å². The Bertz CT molecular complexity index is 996. The Labute approximate surface area is 157 Å². The summed E-state index contributed by atoms with van der Waals surface area (Å²) in [6.07, 6.45) is -2.60. The van der Waals surface area contributed by atoms with Gasteiger partial charge in [-0.1, -0.05) is 0 Å². The van der Waals surface area contributed by atoms with Crippen molar-refractivity contribution in [3.05, 3.63) is 54.1 Å². The number of ether oxygens (including phenoxy) is 2. The molecule has 0 saturated carbocycles. The molecule has 0 saturated heterocycles. The molecule has 0 bridgehead atoms. The van der Waals surface area contributed by atoms with E-state index in [1.54, 1.807) is 12.1 Å². The number of rotatable bonds is 5. The summed E-state index contributed by atoms with van der Waals surface area (Å²) < 4.78 is 63.0. The van der Waals surface area contributed by atoms with Gasteiger partial charge in [0.1, 0.15) is 11.5 Å². The van der Waals surface area contributed by atoms with Crippen LogP contribution in [0.15, 0.2) is 42.7 Å². The number of benzene rings is 1. The number of nitrogens with zero attached hydrogens (tertiary/aromatic N) is 3. The Morgan fingerprint density at radius 1 is 0.964 bits per heavy atom. The van der Waals surface area contributed by atoms with E-state index in [0.29, 0.717) is 17.1 Å². The molecule has 6 nitrogen and oxygen atoms in total. The third-order valence-corrected chi connectivity index (χ3v) is 3.73. The molecule has 3 aromatic rings. The minimum absolute atomic E-state index is 0.0644. The molecule has 0 radical (unpaired) electrons. The standard InChI is InChI=1S/C18H14F4N4O2/c1-27-13-4-3-10(7-14(13)28-2)16-12(19)9-24-17(26-16)25-15-8-11(5-6-23-15)18(20,21)22/h3-9H,1-2H3,(H,23,24,25,26). The summed E-state index contributed by atoms with van der Waals surface area (Å²) in [5, 5.41) is 2.55. The lowest BCUT2D eigenvalue weighted by Crippen LogP contribution is -2.07. The fourth-order valence-corrected chi connectivity index (χ4v) is 2.40. The molecule has 0 unspecified atom stereocenters. The molecule has 0 spiro atoms. The third-order valence-electron chi connectivity index (χ3n) is 3.73. The topological polar surface area (TPSA) is 69.2 Å². The highest BCUT2D eigenvalue weighted by molar-refractivity contribution is 5.66. The number of pyridine rings is 1. The summed E-state index contributed by atoms with van der Waals surface area (Å²) in [5.41, 5.74) is -0.574. The number of hydrogen-bond donors (Lipinski definition) is 1. The van der Waals surface area contributed by atoms with Gasteiger partial charge in [-0.25, -0.2) is 19.3 Å². The smallest absolute Gasteiger partial charge is 0.416 e. The predicted molar refractivity (Wildman–Crippen MR) is 93.1 cm³/mol. The first-order valence-electron chi connectivity index (χ1n) is 7.87. The molecule has 28 heavy (non-hydrogen) atoms. The highest BCUT2D eigenvalue weighted by Crippen LogP contribution is 2.33. The summed E-state index contributed by atoms with van der Waals surface area (Å²) >= 11 is 0. The van der Waals surface area contributed by atoms with Crippen LogP contribution < -0.4 is 14.8 Å². The quantitative estimate of drug-likeness (QED) is 0.645. The van der Waals surface area contributed by atoms with Crippen LogP contribution in [-0.4, -0.2) is 29.2 Å². The van der Waals surface area contributed by atoms with E-state index in [4.69, 9.17) is 9.47 Å². The molecule has 146 valence electrons. The maximum absolute atomic E-state index is 14.2. The molecule has 0 aliphatic heterocycles. The Hall–Kier alpha value is -3.43. The van der Waals surface area contributed by atoms with Crippen molar-refractivity contribution in [1.82, 2.24) is 15.0 Å². The van der Waals surface area contributed by atoms with Gasteiger partial charge in [-0.15, -0.1) is 0 Å². The van der Waals surface area contributed by atoms with Crippen molar-refractivity contribution in [3.8, 4) is 22.8 Å². The molecule has 2 heterocycles. The number of methoxy groups -OCH3 is 2. The first kappa shape index (κ1) is 19.3. The number of halogens is 4. The Morgan fingerprint density at radius 2 is 1.71 bits per heavy atom. The lowest BCUT2D eigenvalue weighted by atomic mass is 10.1. The number of hydrogen-bond acceptors (Lipinski definition) is 6. The van der Waals surface area contributed by atoms with Gasteiger partial charge < -0.3 is 14.8 Å². The highest BCUT2D eigenvalue weighted by atomic mass is 19.4. The van der Waals surface area contributed by atoms with Gasteiger partial charge in [0.15, 0.2) is 17.3 Å². The Balaban J connectivity index is 1.95. The summed E-state index contributed by atoms with van der Waals surface area (Å²) in [6.45, 7) is 0. The van der Waals surface area contributed by atoms with Crippen molar-refractivity contribution in [2.24, 2.45) is 0 Å². The normalized spacial score (nSPS) is 11.2. The highest BCUT2D eigenvalue weighted by Gasteiger charge is 2.30. The van der Waals surface area contributed by atoms with Crippen LogP contribution in [0.1, 0.15) is 5.56 Å². The van der Waals surface area contributed by atoms with E-state index in [1.165, 1.54) is 20.3 Å². The SMILES string of the molecule is COc1ccc(-c2nc(Nc3cc(C(F)(F)F)ccn3)ncc2F)cc1OC. The van der Waals surface area contributed by atoms with Crippen molar-refractivity contribution >= 4 is 11.8 Å². The Kier molecular flexibility index (Phi) is 5.30. The molecule has 0 amide bonds. The third kappa shape index (κ3) is 4.11. The van der Waals surface area contributed by atoms with Gasteiger partial charge in [0, 0.05) is 11.8 Å². The summed E-state index contributed by atoms with van der Waals surface area (Å²) in [4.78, 5) is 11.6. The molecule has 0 atom stereocenters. The van der Waals surface area contributed by atoms with Crippen molar-refractivity contribution < 1.29 is 27.0 Å². The van der Waals surface area contributed by atoms with E-state index in [2.05, 4.69) is 20.3 Å². The van der Waals surface area contributed by atoms with Crippen LogP contribution in [0.3, 0.4) is 0 Å². The average Bonchev–Trinajstić information content (AvgIpc) is 2.68. The first-order valence-corrected chi connectivity index (χ1v) is 7.87. The molecular formula is C18H14F4N4O2. The number of anilines is 2. The van der Waals surface area contributed by atoms with E-state index in [9.17, 15) is 17.6 Å². The van der Waals surface area contributed by atoms with Crippen LogP contribution in [0.2, 0.25) is 0 Å². The monoisotopic (exact) mass is 394 g/mol. The number of alkyl halides is 3. The fourth-order valence-electron chi connectivity index (χ4n) is 2.40. The van der Waals surface area contributed by atoms with Crippen LogP contribution in [0.4, 0.5) is 29.3 Å². The molecular weight excluding hydrogens is 380 g/mol. The largest absolute Gasteiger partial charge is 0.493 e. The van der Waals surface area contributed by atoms with Gasteiger partial charge in [-0.2, -0.15) is 13.2 Å². The van der Waals surface area contributed by atoms with Crippen LogP contribution in [0.5, 0.6) is 11.5 Å². The molecule has 0 fully saturated rings. The fraction of sp³-hybridized carbons (Fsp3) is 0.167. The van der Waals surface area contributed by atoms with Crippen molar-refractivity contribution in [1.29, 1.82) is 0 Å². The maximum atomic E-state index is 14.2. The van der Waals surface area contributed by atoms with Crippen LogP contribution >= 0.6 is 0 Å². The average molecular weight is 394 g/mol. The second-order valence-corrected chi connectivity index (χ2v) is 5.51. The predicted octanol–water partition coefficient (Wildman–Crippen LogP) is 4.46. The van der Waals surface area contributed by atoms with Crippen LogP contribution in [-0.2, 0) is 6.18 Å². The molecule has 2 aromatic heterocycles. The van der Waals surface area contributed by atoms with Gasteiger partial charge in [-0.3, -0.25) is 0 Å². The summed E-state index contributed by atoms with van der Waals surface area (Å²) in [5.74, 6) is -0.133. The minimum Gasteiger partial charge on any atom is -0.493 e. The van der Waals surface area contributed by atoms with Crippen molar-refractivity contribution in [2.45, 2.75) is 6.18 Å². The maximum Gasteiger partial charge on any atom is 0.416 e. The lowest BCUT2D eigenvalue weighted by molar-refractivity contribution is -0.137. The molecule has 1 N–H and O–H groups in total. The minimum atomic E-state index is -4.52. The Morgan fingerprint density at radius 3 is 2.39 bits per heavy atom. The second kappa shape index (κ2) is 7.67. The zero-order valence-corrected chi connectivity index (χ0v) is 14.7. The number of nitrogens with one attached hydrogen (secondary N) is 1. The van der Waals surface area contributed by atoms with Gasteiger partial charge in [0.2, 0.25) is 5.95 Å². The van der Waals surface area contributed by atoms with E-state index in [1.807, 2.05) is 0 Å². The van der Waals surface area contributed by atoms with Gasteiger partial charge in [0.05, 0.1) is 26.0 Å². The lowest BCUT2D eigenvalue weighted by Gasteiger charge is -2.11. The van der Waals surface area contributed by atoms with Gasteiger partial charge >= 0.3 is 6.18 Å². The number of aromatic nitrogens is 3. The van der Waals surface area contributed by atoms with Crippen molar-refractivity contribution in [2.75, 3.05) is 19.5 Å². The molecule has 0 aliphatic rings. The van der Waals surface area contributed by atoms with Gasteiger partial charge in [-0.05, 0) is 30.3 Å². The summed E-state index contributed by atoms with van der Waals surface area (Å²) in [6, 6.07) is 6.32. The van der Waals surface area contributed by atoms with Crippen LogP contribution in [0, 0.1) is 5.82 Å². The molecule has 1 aromatic carbocycles. The summed E-state index contributed by atoms with van der Waals surface area (Å²) in [7, 11) is 2.90. The molecule has 10 heteroatoms. The second-order valence-electron chi connectivity index (χ2n) is 5.51. The zero-order valence-electron chi connectivity index (χ0n) is 14.7.